The van der Waals surface area contributed by atoms with E-state index in [1.54, 1.807) is 0 Å². The Labute approximate surface area is 154 Å². The van der Waals surface area contributed by atoms with E-state index in [1.165, 1.54) is 32.4 Å². The number of methoxy groups -OCH3 is 2. The number of ether oxygens (including phenoxy) is 2. The van der Waals surface area contributed by atoms with Crippen LogP contribution in [-0.4, -0.2) is 29.1 Å². The number of rotatable bonds is 5. The molecule has 136 valence electrons. The zero-order valence-corrected chi connectivity index (χ0v) is 14.9. The van der Waals surface area contributed by atoms with Crippen LogP contribution in [0.3, 0.4) is 0 Å². The summed E-state index contributed by atoms with van der Waals surface area (Å²) in [5.41, 5.74) is 2.97. The van der Waals surface area contributed by atoms with E-state index in [2.05, 4.69) is 16.0 Å². The molecule has 0 saturated carbocycles. The quantitative estimate of drug-likeness (QED) is 0.418. The van der Waals surface area contributed by atoms with Crippen molar-refractivity contribution in [1.29, 1.82) is 5.26 Å². The number of benzene rings is 2. The predicted octanol–water partition coefficient (Wildman–Crippen LogP) is 3.86. The lowest BCUT2D eigenvalue weighted by molar-refractivity contribution is -0.385. The van der Waals surface area contributed by atoms with Crippen molar-refractivity contribution in [2.24, 2.45) is 0 Å². The number of nitrogens with one attached hydrogen (secondary N) is 1. The lowest BCUT2D eigenvalue weighted by atomic mass is 10.1. The van der Waals surface area contributed by atoms with Crippen molar-refractivity contribution in [3.05, 3.63) is 57.4 Å². The lowest BCUT2D eigenvalue weighted by Gasteiger charge is -2.08. The van der Waals surface area contributed by atoms with E-state index in [4.69, 9.17) is 9.47 Å². The monoisotopic (exact) mass is 364 g/mol. The number of hydrogen-bond donors (Lipinski definition) is 1. The topological polar surface area (TPSA) is 114 Å². The number of aromatic nitrogens is 2. The third kappa shape index (κ3) is 3.43. The lowest BCUT2D eigenvalue weighted by Crippen LogP contribution is -1.97. The maximum atomic E-state index is 11.3. The number of aryl methyl sites for hydroxylation is 1. The van der Waals surface area contributed by atoms with Crippen molar-refractivity contribution >= 4 is 28.4 Å². The molecule has 8 heteroatoms. The first kappa shape index (κ1) is 17.9. The van der Waals surface area contributed by atoms with Gasteiger partial charge in [0.1, 0.15) is 17.6 Å². The molecule has 0 saturated heterocycles. The van der Waals surface area contributed by atoms with Crippen LogP contribution in [-0.2, 0) is 0 Å². The van der Waals surface area contributed by atoms with Crippen molar-refractivity contribution in [2.45, 2.75) is 6.92 Å². The molecule has 0 fully saturated rings. The third-order valence-electron chi connectivity index (χ3n) is 4.04. The molecule has 0 unspecified atom stereocenters. The van der Waals surface area contributed by atoms with Crippen LogP contribution < -0.4 is 9.47 Å². The van der Waals surface area contributed by atoms with Gasteiger partial charge in [0.25, 0.3) is 0 Å². The zero-order chi connectivity index (χ0) is 19.6. The summed E-state index contributed by atoms with van der Waals surface area (Å²) >= 11 is 0. The van der Waals surface area contributed by atoms with Gasteiger partial charge in [-0.1, -0.05) is 6.07 Å². The SMILES string of the molecule is COc1cc(OC)c([N+](=O)[O-])cc1C=C(C#N)c1nc2ccc(C)cc2[nH]1. The van der Waals surface area contributed by atoms with Crippen LogP contribution in [0, 0.1) is 28.4 Å². The molecular formula is C19H16N4O4. The Morgan fingerprint density at radius 1 is 1.26 bits per heavy atom. The van der Waals surface area contributed by atoms with Gasteiger partial charge in [-0.25, -0.2) is 4.98 Å². The number of fused-ring (bicyclic) bond motifs is 1. The number of hydrogen-bond acceptors (Lipinski definition) is 6. The second-order valence-electron chi connectivity index (χ2n) is 5.80. The standard InChI is InChI=1S/C19H16N4O4/c1-11-4-5-14-15(6-11)22-19(21-14)13(10-20)7-12-8-16(23(24)25)18(27-3)9-17(12)26-2/h4-9H,1-3H3,(H,21,22). The fourth-order valence-electron chi connectivity index (χ4n) is 2.72. The van der Waals surface area contributed by atoms with Crippen LogP contribution in [0.2, 0.25) is 0 Å². The van der Waals surface area contributed by atoms with Gasteiger partial charge >= 0.3 is 5.69 Å². The van der Waals surface area contributed by atoms with Gasteiger partial charge in [-0.05, 0) is 30.7 Å². The maximum absolute atomic E-state index is 11.3. The minimum Gasteiger partial charge on any atom is -0.496 e. The number of nitrogens with zero attached hydrogens (tertiary/aromatic N) is 3. The van der Waals surface area contributed by atoms with Crippen molar-refractivity contribution in [3.63, 3.8) is 0 Å². The maximum Gasteiger partial charge on any atom is 0.311 e. The Hall–Kier alpha value is -3.86. The average molecular weight is 364 g/mol. The summed E-state index contributed by atoms with van der Waals surface area (Å²) in [6.07, 6.45) is 1.50. The average Bonchev–Trinajstić information content (AvgIpc) is 3.08. The molecule has 8 nitrogen and oxygen atoms in total. The van der Waals surface area contributed by atoms with E-state index in [1.807, 2.05) is 25.1 Å². The fourth-order valence-corrected chi connectivity index (χ4v) is 2.72. The number of nitro groups is 1. The fraction of sp³-hybridized carbons (Fsp3) is 0.158. The first-order valence-corrected chi connectivity index (χ1v) is 7.95. The summed E-state index contributed by atoms with van der Waals surface area (Å²) in [7, 11) is 2.78. The van der Waals surface area contributed by atoms with Gasteiger partial charge in [-0.2, -0.15) is 5.26 Å². The summed E-state index contributed by atoms with van der Waals surface area (Å²) in [6, 6.07) is 10.5. The molecule has 0 aliphatic carbocycles. The molecule has 3 rings (SSSR count). The molecule has 0 amide bonds. The first-order chi connectivity index (χ1) is 13.0. The molecule has 1 aromatic heterocycles. The Kier molecular flexibility index (Phi) is 4.77. The number of allylic oxidation sites excluding steroid dienone is 1. The van der Waals surface area contributed by atoms with Crippen molar-refractivity contribution in [3.8, 4) is 17.6 Å². The van der Waals surface area contributed by atoms with E-state index >= 15 is 0 Å². The molecule has 3 aromatic rings. The molecular weight excluding hydrogens is 348 g/mol. The molecule has 0 bridgehead atoms. The van der Waals surface area contributed by atoms with Crippen LogP contribution >= 0.6 is 0 Å². The highest BCUT2D eigenvalue weighted by atomic mass is 16.6. The summed E-state index contributed by atoms with van der Waals surface area (Å²) in [5, 5.41) is 20.9. The Balaban J connectivity index is 2.15. The van der Waals surface area contributed by atoms with E-state index < -0.39 is 4.92 Å². The molecule has 0 spiro atoms. The van der Waals surface area contributed by atoms with Crippen molar-refractivity contribution < 1.29 is 14.4 Å². The molecule has 0 atom stereocenters. The molecule has 2 aromatic carbocycles. The summed E-state index contributed by atoms with van der Waals surface area (Å²) < 4.78 is 10.3. The van der Waals surface area contributed by atoms with Gasteiger partial charge in [0.05, 0.1) is 35.7 Å². The van der Waals surface area contributed by atoms with Crippen LogP contribution in [0.25, 0.3) is 22.7 Å². The van der Waals surface area contributed by atoms with E-state index in [0.717, 1.165) is 16.6 Å². The van der Waals surface area contributed by atoms with Crippen LogP contribution in [0.4, 0.5) is 5.69 Å². The predicted molar refractivity (Wildman–Crippen MR) is 101 cm³/mol. The van der Waals surface area contributed by atoms with Gasteiger partial charge in [-0.3, -0.25) is 10.1 Å². The molecule has 1 heterocycles. The third-order valence-corrected chi connectivity index (χ3v) is 4.04. The van der Waals surface area contributed by atoms with Gasteiger partial charge in [0.15, 0.2) is 0 Å². The van der Waals surface area contributed by atoms with Gasteiger partial charge < -0.3 is 14.5 Å². The minimum absolute atomic E-state index is 0.0757. The number of nitro benzene ring substituents is 1. The minimum atomic E-state index is -0.550. The van der Waals surface area contributed by atoms with E-state index in [0.29, 0.717) is 17.1 Å². The highest BCUT2D eigenvalue weighted by Gasteiger charge is 2.19. The van der Waals surface area contributed by atoms with Gasteiger partial charge in [0.2, 0.25) is 5.75 Å². The van der Waals surface area contributed by atoms with Gasteiger partial charge in [0, 0.05) is 17.7 Å². The Morgan fingerprint density at radius 2 is 2.00 bits per heavy atom. The van der Waals surface area contributed by atoms with Crippen molar-refractivity contribution in [2.75, 3.05) is 14.2 Å². The zero-order valence-electron chi connectivity index (χ0n) is 14.9. The second-order valence-corrected chi connectivity index (χ2v) is 5.80. The smallest absolute Gasteiger partial charge is 0.311 e. The number of nitriles is 1. The molecule has 1 N–H and O–H groups in total. The van der Waals surface area contributed by atoms with Crippen LogP contribution in [0.1, 0.15) is 17.0 Å². The Bertz CT molecular complexity index is 1110. The molecule has 0 aliphatic heterocycles. The number of H-pyrrole nitrogens is 1. The van der Waals surface area contributed by atoms with Crippen molar-refractivity contribution in [1.82, 2.24) is 9.97 Å². The highest BCUT2D eigenvalue weighted by Crippen LogP contribution is 2.36. The van der Waals surface area contributed by atoms with Gasteiger partial charge in [-0.15, -0.1) is 0 Å². The summed E-state index contributed by atoms with van der Waals surface area (Å²) in [4.78, 5) is 18.3. The normalized spacial score (nSPS) is 11.3. The summed E-state index contributed by atoms with van der Waals surface area (Å²) in [6.45, 7) is 1.96. The summed E-state index contributed by atoms with van der Waals surface area (Å²) in [5.74, 6) is 0.794. The second kappa shape index (κ2) is 7.17. The molecule has 27 heavy (non-hydrogen) atoms. The van der Waals surface area contributed by atoms with E-state index in [9.17, 15) is 15.4 Å². The molecule has 0 radical (unpaired) electrons. The highest BCUT2D eigenvalue weighted by molar-refractivity contribution is 5.91. The van der Waals surface area contributed by atoms with E-state index in [-0.39, 0.29) is 17.0 Å². The number of imidazole rings is 1. The first-order valence-electron chi connectivity index (χ1n) is 7.95. The molecule has 0 aliphatic rings. The number of aromatic amines is 1. The van der Waals surface area contributed by atoms with Crippen LogP contribution in [0.15, 0.2) is 30.3 Å². The Morgan fingerprint density at radius 3 is 2.63 bits per heavy atom. The van der Waals surface area contributed by atoms with Crippen LogP contribution in [0.5, 0.6) is 11.5 Å². The largest absolute Gasteiger partial charge is 0.496 e.